The number of amides is 1. The molecule has 0 unspecified atom stereocenters. The van der Waals surface area contributed by atoms with Crippen molar-refractivity contribution in [2.45, 2.75) is 56.2 Å². The van der Waals surface area contributed by atoms with Crippen LogP contribution < -0.4 is 9.46 Å². The zero-order chi connectivity index (χ0) is 31.0. The number of nitrogens with zero attached hydrogens (tertiary/aromatic N) is 5. The van der Waals surface area contributed by atoms with Crippen LogP contribution in [0.2, 0.25) is 0 Å². The maximum Gasteiger partial charge on any atom is 0.280 e. The third-order valence-electron chi connectivity index (χ3n) is 7.20. The summed E-state index contributed by atoms with van der Waals surface area (Å²) in [4.78, 5) is 18.9. The number of hydrogen-bond donors (Lipinski definition) is 2. The number of nitrogens with one attached hydrogen (secondary N) is 1. The standard InChI is InChI=1S/C26H36N6O8S2/c1-16-11-32(17(2)14-33)25(34)10-20-9-21(29-41(35,36)24-13-30(5)15-27-24)7-8-22(20)39-23(16)12-31(6)42(37,38)26-18(3)28-40-19(26)4/h7-9,13,15-17,23,29,33H,10-12,14H2,1-6H3/t16-,17+,23+/m0/s1. The molecule has 42 heavy (non-hydrogen) atoms. The molecule has 14 nitrogen and oxygen atoms in total. The van der Waals surface area contributed by atoms with Crippen molar-refractivity contribution in [2.75, 3.05) is 31.5 Å². The number of imidazole rings is 1. The average molecular weight is 625 g/mol. The van der Waals surface area contributed by atoms with E-state index in [1.165, 1.54) is 48.1 Å². The number of anilines is 1. The Hall–Kier alpha value is -3.47. The van der Waals surface area contributed by atoms with Crippen LogP contribution in [-0.2, 0) is 38.3 Å². The Morgan fingerprint density at radius 2 is 1.95 bits per heavy atom. The molecule has 3 aromatic rings. The number of fused-ring (bicyclic) bond motifs is 1. The van der Waals surface area contributed by atoms with Crippen LogP contribution in [0.15, 0.2) is 45.2 Å². The summed E-state index contributed by atoms with van der Waals surface area (Å²) in [6.07, 6.45) is 1.87. The molecule has 1 amide bonds. The van der Waals surface area contributed by atoms with Crippen LogP contribution in [0, 0.1) is 19.8 Å². The lowest BCUT2D eigenvalue weighted by atomic mass is 10.0. The van der Waals surface area contributed by atoms with Crippen LogP contribution in [0.3, 0.4) is 0 Å². The molecule has 0 saturated carbocycles. The Labute approximate surface area is 245 Å². The van der Waals surface area contributed by atoms with Gasteiger partial charge in [0.1, 0.15) is 22.4 Å². The second-order valence-electron chi connectivity index (χ2n) is 10.6. The summed E-state index contributed by atoms with van der Waals surface area (Å²) in [5.41, 5.74) is 0.827. The summed E-state index contributed by atoms with van der Waals surface area (Å²) in [5, 5.41) is 13.5. The van der Waals surface area contributed by atoms with Gasteiger partial charge >= 0.3 is 0 Å². The molecule has 0 fully saturated rings. The highest BCUT2D eigenvalue weighted by Gasteiger charge is 2.35. The van der Waals surface area contributed by atoms with Crippen molar-refractivity contribution >= 4 is 31.6 Å². The van der Waals surface area contributed by atoms with Gasteiger partial charge in [-0.25, -0.2) is 13.4 Å². The topological polar surface area (TPSA) is 177 Å². The van der Waals surface area contributed by atoms with Gasteiger partial charge < -0.3 is 23.8 Å². The first-order chi connectivity index (χ1) is 19.6. The second-order valence-corrected chi connectivity index (χ2v) is 14.2. The molecule has 2 N–H and O–H groups in total. The van der Waals surface area contributed by atoms with E-state index in [4.69, 9.17) is 9.26 Å². The fourth-order valence-corrected chi connectivity index (χ4v) is 7.29. The van der Waals surface area contributed by atoms with Crippen molar-refractivity contribution in [2.24, 2.45) is 13.0 Å². The maximum atomic E-state index is 13.5. The van der Waals surface area contributed by atoms with Crippen LogP contribution in [0.4, 0.5) is 5.69 Å². The molecule has 4 rings (SSSR count). The Balaban J connectivity index is 1.70. The van der Waals surface area contributed by atoms with E-state index < -0.39 is 32.2 Å². The van der Waals surface area contributed by atoms with E-state index in [0.29, 0.717) is 11.3 Å². The molecule has 0 radical (unpaired) electrons. The van der Waals surface area contributed by atoms with E-state index in [1.807, 2.05) is 6.92 Å². The monoisotopic (exact) mass is 624 g/mol. The van der Waals surface area contributed by atoms with Gasteiger partial charge in [-0.15, -0.1) is 0 Å². The highest BCUT2D eigenvalue weighted by molar-refractivity contribution is 7.92. The molecule has 1 aliphatic heterocycles. The van der Waals surface area contributed by atoms with Crippen LogP contribution in [0.5, 0.6) is 5.75 Å². The average Bonchev–Trinajstić information content (AvgIpc) is 3.52. The van der Waals surface area contributed by atoms with Gasteiger partial charge in [0.2, 0.25) is 15.9 Å². The van der Waals surface area contributed by atoms with Crippen LogP contribution in [0.1, 0.15) is 30.9 Å². The molecule has 0 saturated heterocycles. The third kappa shape index (κ3) is 6.45. The summed E-state index contributed by atoms with van der Waals surface area (Å²) in [5.74, 6) is -0.182. The summed E-state index contributed by atoms with van der Waals surface area (Å²) in [6.45, 7) is 6.47. The molecule has 1 aliphatic rings. The Bertz CT molecular complexity index is 1650. The number of carbonyl (C=O) groups excluding carboxylic acids is 1. The number of aliphatic hydroxyl groups excluding tert-OH is 1. The van der Waals surface area contributed by atoms with E-state index in [1.54, 1.807) is 27.0 Å². The number of rotatable bonds is 9. The summed E-state index contributed by atoms with van der Waals surface area (Å²) < 4.78 is 69.2. The molecular weight excluding hydrogens is 588 g/mol. The Morgan fingerprint density at radius 1 is 1.24 bits per heavy atom. The van der Waals surface area contributed by atoms with E-state index in [9.17, 15) is 26.7 Å². The van der Waals surface area contributed by atoms with Gasteiger partial charge in [-0.2, -0.15) is 12.7 Å². The molecule has 0 aliphatic carbocycles. The molecule has 0 bridgehead atoms. The van der Waals surface area contributed by atoms with Crippen LogP contribution in [0.25, 0.3) is 0 Å². The first-order valence-corrected chi connectivity index (χ1v) is 16.2. The van der Waals surface area contributed by atoms with Crippen molar-refractivity contribution in [1.29, 1.82) is 0 Å². The van der Waals surface area contributed by atoms with E-state index in [-0.39, 0.29) is 65.0 Å². The lowest BCUT2D eigenvalue weighted by Gasteiger charge is -2.33. The van der Waals surface area contributed by atoms with Crippen LogP contribution in [-0.4, -0.2) is 90.7 Å². The first-order valence-electron chi connectivity index (χ1n) is 13.2. The third-order valence-corrected chi connectivity index (χ3v) is 10.5. The predicted octanol–water partition coefficient (Wildman–Crippen LogP) is 1.30. The molecular formula is C26H36N6O8S2. The van der Waals surface area contributed by atoms with Gasteiger partial charge in [0.05, 0.1) is 31.9 Å². The van der Waals surface area contributed by atoms with E-state index in [0.717, 1.165) is 4.31 Å². The molecule has 16 heteroatoms. The first kappa shape index (κ1) is 31.5. The normalized spacial score (nSPS) is 19.0. The molecule has 2 aromatic heterocycles. The van der Waals surface area contributed by atoms with Crippen molar-refractivity contribution < 1.29 is 36.0 Å². The van der Waals surface area contributed by atoms with Crippen molar-refractivity contribution in [3.05, 3.63) is 47.7 Å². The Morgan fingerprint density at radius 3 is 2.55 bits per heavy atom. The number of aromatic nitrogens is 3. The highest BCUT2D eigenvalue weighted by atomic mass is 32.2. The zero-order valence-electron chi connectivity index (χ0n) is 24.3. The van der Waals surface area contributed by atoms with Crippen molar-refractivity contribution in [3.8, 4) is 5.75 Å². The fourth-order valence-electron chi connectivity index (χ4n) is 4.80. The van der Waals surface area contributed by atoms with Crippen molar-refractivity contribution in [1.82, 2.24) is 23.9 Å². The lowest BCUT2D eigenvalue weighted by molar-refractivity contribution is -0.134. The largest absolute Gasteiger partial charge is 0.488 e. The number of likely N-dealkylation sites (N-methyl/N-ethyl adjacent to an activating group) is 1. The number of carbonyl (C=O) groups is 1. The molecule has 3 heterocycles. The summed E-state index contributed by atoms with van der Waals surface area (Å²) in [6, 6.07) is 4.04. The molecule has 230 valence electrons. The Kier molecular flexibility index (Phi) is 9.01. The maximum absolute atomic E-state index is 13.5. The minimum atomic E-state index is -4.00. The van der Waals surface area contributed by atoms with E-state index in [2.05, 4.69) is 14.9 Å². The van der Waals surface area contributed by atoms with Gasteiger partial charge in [0.15, 0.2) is 10.8 Å². The smallest absolute Gasteiger partial charge is 0.280 e. The number of ether oxygens (including phenoxy) is 1. The van der Waals surface area contributed by atoms with Gasteiger partial charge in [-0.1, -0.05) is 12.1 Å². The van der Waals surface area contributed by atoms with Gasteiger partial charge in [0.25, 0.3) is 10.0 Å². The number of aliphatic hydroxyl groups is 1. The minimum Gasteiger partial charge on any atom is -0.488 e. The summed E-state index contributed by atoms with van der Waals surface area (Å²) >= 11 is 0. The SMILES string of the molecule is Cc1noc(C)c1S(=O)(=O)N(C)C[C@H]1Oc2ccc(NS(=O)(=O)c3cn(C)cn3)cc2CC(=O)N([C@H](C)CO)C[C@@H]1C. The van der Waals surface area contributed by atoms with Gasteiger partial charge in [-0.05, 0) is 39.0 Å². The van der Waals surface area contributed by atoms with Gasteiger partial charge in [-0.3, -0.25) is 9.52 Å². The lowest BCUT2D eigenvalue weighted by Crippen LogP contribution is -2.48. The molecule has 0 spiro atoms. The summed E-state index contributed by atoms with van der Waals surface area (Å²) in [7, 11) is -4.91. The number of hydrogen-bond acceptors (Lipinski definition) is 10. The van der Waals surface area contributed by atoms with Crippen molar-refractivity contribution in [3.63, 3.8) is 0 Å². The predicted molar refractivity (Wildman–Crippen MR) is 152 cm³/mol. The quantitative estimate of drug-likeness (QED) is 0.353. The number of sulfonamides is 2. The number of aryl methyl sites for hydroxylation is 3. The number of benzene rings is 1. The van der Waals surface area contributed by atoms with E-state index >= 15 is 0 Å². The highest BCUT2D eigenvalue weighted by Crippen LogP contribution is 2.31. The van der Waals surface area contributed by atoms with Gasteiger partial charge in [0, 0.05) is 44.0 Å². The fraction of sp³-hybridized carbons (Fsp3) is 0.500. The second kappa shape index (κ2) is 12.0. The zero-order valence-corrected chi connectivity index (χ0v) is 25.9. The molecule has 1 aromatic carbocycles. The van der Waals surface area contributed by atoms with Crippen LogP contribution >= 0.6 is 0 Å². The molecule has 3 atom stereocenters. The minimum absolute atomic E-state index is 0.0170.